The summed E-state index contributed by atoms with van der Waals surface area (Å²) in [7, 11) is 0. The number of benzene rings is 2. The van der Waals surface area contributed by atoms with E-state index >= 15 is 0 Å². The maximum atomic E-state index is 12.6. The van der Waals surface area contributed by atoms with Gasteiger partial charge in [-0.1, -0.05) is 54.4 Å². The Balaban J connectivity index is 1.77. The lowest BCUT2D eigenvalue weighted by molar-refractivity contribution is -0.122. The lowest BCUT2D eigenvalue weighted by Crippen LogP contribution is -2.28. The van der Waals surface area contributed by atoms with Crippen molar-refractivity contribution in [3.05, 3.63) is 58.1 Å². The van der Waals surface area contributed by atoms with Crippen molar-refractivity contribution < 1.29 is 9.59 Å². The number of aryl methyl sites for hydroxylation is 1. The summed E-state index contributed by atoms with van der Waals surface area (Å²) in [5, 5.41) is 3.74. The first-order chi connectivity index (χ1) is 12.0. The third-order valence-electron chi connectivity index (χ3n) is 4.36. The highest BCUT2D eigenvalue weighted by molar-refractivity contribution is 6.40. The molecule has 4 nitrogen and oxygen atoms in total. The molecule has 1 unspecified atom stereocenters. The minimum Gasteiger partial charge on any atom is -0.326 e. The minimum atomic E-state index is -0.440. The van der Waals surface area contributed by atoms with Gasteiger partial charge in [0.15, 0.2) is 0 Å². The summed E-state index contributed by atoms with van der Waals surface area (Å²) in [5.41, 5.74) is 2.32. The number of rotatable bonds is 4. The molecule has 1 aliphatic heterocycles. The zero-order valence-electron chi connectivity index (χ0n) is 13.8. The van der Waals surface area contributed by atoms with Crippen LogP contribution >= 0.6 is 23.2 Å². The van der Waals surface area contributed by atoms with E-state index in [2.05, 4.69) is 5.32 Å². The Kier molecular flexibility index (Phi) is 5.30. The van der Waals surface area contributed by atoms with Crippen molar-refractivity contribution in [3.8, 4) is 0 Å². The number of halogens is 2. The molecule has 2 aromatic rings. The molecule has 0 saturated carbocycles. The van der Waals surface area contributed by atoms with Gasteiger partial charge in [0.2, 0.25) is 11.8 Å². The number of anilines is 2. The molecular weight excluding hydrogens is 359 g/mol. The largest absolute Gasteiger partial charge is 0.326 e. The highest BCUT2D eigenvalue weighted by atomic mass is 35.5. The normalized spacial score (nSPS) is 17.0. The Bertz CT molecular complexity index is 803. The van der Waals surface area contributed by atoms with Gasteiger partial charge in [0.05, 0.1) is 21.7 Å². The van der Waals surface area contributed by atoms with E-state index < -0.39 is 5.92 Å². The summed E-state index contributed by atoms with van der Waals surface area (Å²) in [6.07, 6.45) is 0.961. The monoisotopic (exact) mass is 376 g/mol. The number of para-hydroxylation sites is 2. The van der Waals surface area contributed by atoms with Crippen LogP contribution in [0.2, 0.25) is 10.0 Å². The molecule has 0 radical (unpaired) electrons. The molecule has 1 fully saturated rings. The average molecular weight is 377 g/mol. The van der Waals surface area contributed by atoms with Crippen LogP contribution in [0.5, 0.6) is 0 Å². The second-order valence-corrected chi connectivity index (χ2v) is 6.79. The first kappa shape index (κ1) is 17.8. The number of hydrogen-bond acceptors (Lipinski definition) is 2. The molecule has 1 heterocycles. The molecule has 1 saturated heterocycles. The Morgan fingerprint density at radius 3 is 2.52 bits per heavy atom. The van der Waals surface area contributed by atoms with Crippen LogP contribution in [0.4, 0.5) is 11.4 Å². The summed E-state index contributed by atoms with van der Waals surface area (Å²) in [4.78, 5) is 26.5. The van der Waals surface area contributed by atoms with Gasteiger partial charge in [-0.3, -0.25) is 9.59 Å². The van der Waals surface area contributed by atoms with Crippen molar-refractivity contribution in [1.29, 1.82) is 0 Å². The molecular formula is C19H18Cl2N2O2. The van der Waals surface area contributed by atoms with Gasteiger partial charge in [-0.2, -0.15) is 0 Å². The standard InChI is InChI=1S/C19H18Cl2N2O2/c1-2-12-6-3-4-9-16(12)22-19(25)13-10-17(24)23(11-13)18-14(20)7-5-8-15(18)21/h3-9,13H,2,10-11H2,1H3,(H,22,25). The van der Waals surface area contributed by atoms with Gasteiger partial charge in [-0.15, -0.1) is 0 Å². The van der Waals surface area contributed by atoms with Crippen LogP contribution in [-0.4, -0.2) is 18.4 Å². The zero-order chi connectivity index (χ0) is 18.0. The second kappa shape index (κ2) is 7.46. The van der Waals surface area contributed by atoms with Crippen molar-refractivity contribution in [2.45, 2.75) is 19.8 Å². The predicted octanol–water partition coefficient (Wildman–Crippen LogP) is 4.55. The van der Waals surface area contributed by atoms with Crippen LogP contribution in [0.15, 0.2) is 42.5 Å². The van der Waals surface area contributed by atoms with E-state index in [-0.39, 0.29) is 24.8 Å². The number of nitrogens with zero attached hydrogens (tertiary/aromatic N) is 1. The van der Waals surface area contributed by atoms with Crippen LogP contribution in [0.25, 0.3) is 0 Å². The zero-order valence-corrected chi connectivity index (χ0v) is 15.3. The number of carbonyl (C=O) groups excluding carboxylic acids is 2. The van der Waals surface area contributed by atoms with Crippen molar-refractivity contribution in [1.82, 2.24) is 0 Å². The van der Waals surface area contributed by atoms with E-state index in [0.29, 0.717) is 15.7 Å². The molecule has 0 aliphatic carbocycles. The molecule has 6 heteroatoms. The molecule has 2 amide bonds. The third kappa shape index (κ3) is 3.65. The van der Waals surface area contributed by atoms with Gasteiger partial charge in [-0.05, 0) is 30.2 Å². The van der Waals surface area contributed by atoms with Gasteiger partial charge in [-0.25, -0.2) is 0 Å². The first-order valence-corrected chi connectivity index (χ1v) is 8.90. The van der Waals surface area contributed by atoms with E-state index in [0.717, 1.165) is 17.7 Å². The average Bonchev–Trinajstić information content (AvgIpc) is 2.97. The number of hydrogen-bond donors (Lipinski definition) is 1. The van der Waals surface area contributed by atoms with Crippen LogP contribution < -0.4 is 10.2 Å². The van der Waals surface area contributed by atoms with Gasteiger partial charge >= 0.3 is 0 Å². The van der Waals surface area contributed by atoms with E-state index in [1.165, 1.54) is 4.90 Å². The predicted molar refractivity (Wildman–Crippen MR) is 101 cm³/mol. The highest BCUT2D eigenvalue weighted by Gasteiger charge is 2.36. The fraction of sp³-hybridized carbons (Fsp3) is 0.263. The summed E-state index contributed by atoms with van der Waals surface area (Å²) in [6.45, 7) is 2.30. The van der Waals surface area contributed by atoms with Gasteiger partial charge in [0, 0.05) is 18.7 Å². The van der Waals surface area contributed by atoms with Gasteiger partial charge < -0.3 is 10.2 Å². The summed E-state index contributed by atoms with van der Waals surface area (Å²) in [6, 6.07) is 12.8. The second-order valence-electron chi connectivity index (χ2n) is 5.98. The lowest BCUT2D eigenvalue weighted by atomic mass is 10.1. The summed E-state index contributed by atoms with van der Waals surface area (Å²) < 4.78 is 0. The van der Waals surface area contributed by atoms with Gasteiger partial charge in [0.1, 0.15) is 0 Å². The molecule has 0 spiro atoms. The van der Waals surface area contributed by atoms with E-state index in [9.17, 15) is 9.59 Å². The van der Waals surface area contributed by atoms with Crippen LogP contribution in [0, 0.1) is 5.92 Å². The molecule has 2 aromatic carbocycles. The number of amides is 2. The molecule has 3 rings (SSSR count). The van der Waals surface area contributed by atoms with E-state index in [1.54, 1.807) is 18.2 Å². The third-order valence-corrected chi connectivity index (χ3v) is 4.97. The van der Waals surface area contributed by atoms with Crippen molar-refractivity contribution in [2.24, 2.45) is 5.92 Å². The molecule has 0 aromatic heterocycles. The Morgan fingerprint density at radius 2 is 1.84 bits per heavy atom. The Labute approximate surface area is 156 Å². The molecule has 1 aliphatic rings. The van der Waals surface area contributed by atoms with E-state index in [4.69, 9.17) is 23.2 Å². The molecule has 25 heavy (non-hydrogen) atoms. The minimum absolute atomic E-state index is 0.141. The van der Waals surface area contributed by atoms with Crippen molar-refractivity contribution in [3.63, 3.8) is 0 Å². The quantitative estimate of drug-likeness (QED) is 0.850. The van der Waals surface area contributed by atoms with Crippen LogP contribution in [-0.2, 0) is 16.0 Å². The fourth-order valence-corrected chi connectivity index (χ4v) is 3.63. The molecule has 0 bridgehead atoms. The first-order valence-electron chi connectivity index (χ1n) is 8.14. The maximum Gasteiger partial charge on any atom is 0.229 e. The lowest BCUT2D eigenvalue weighted by Gasteiger charge is -2.19. The molecule has 130 valence electrons. The van der Waals surface area contributed by atoms with Crippen LogP contribution in [0.1, 0.15) is 18.9 Å². The summed E-state index contributed by atoms with van der Waals surface area (Å²) in [5.74, 6) is -0.761. The van der Waals surface area contributed by atoms with Gasteiger partial charge in [0.25, 0.3) is 0 Å². The van der Waals surface area contributed by atoms with Crippen LogP contribution in [0.3, 0.4) is 0 Å². The fourth-order valence-electron chi connectivity index (χ4n) is 3.03. The number of carbonyl (C=O) groups is 2. The summed E-state index contributed by atoms with van der Waals surface area (Å²) >= 11 is 12.4. The molecule has 1 N–H and O–H groups in total. The highest BCUT2D eigenvalue weighted by Crippen LogP contribution is 2.37. The van der Waals surface area contributed by atoms with E-state index in [1.807, 2.05) is 31.2 Å². The molecule has 1 atom stereocenters. The smallest absolute Gasteiger partial charge is 0.229 e. The SMILES string of the molecule is CCc1ccccc1NC(=O)C1CC(=O)N(c2c(Cl)cccc2Cl)C1. The Hall–Kier alpha value is -2.04. The maximum absolute atomic E-state index is 12.6. The van der Waals surface area contributed by atoms with Crippen molar-refractivity contribution >= 4 is 46.4 Å². The number of nitrogens with one attached hydrogen (secondary N) is 1. The topological polar surface area (TPSA) is 49.4 Å². The Morgan fingerprint density at radius 1 is 1.16 bits per heavy atom. The van der Waals surface area contributed by atoms with Crippen molar-refractivity contribution in [2.75, 3.05) is 16.8 Å².